The van der Waals surface area contributed by atoms with Gasteiger partial charge in [0.1, 0.15) is 0 Å². The standard InChI is InChI=1S/C14H21BrN2O2/c1-9(2)7-17(8-14(16)19)11-4-5-12(10(3)18)13(15)6-11/h4-6,9-10,18H,7-8H2,1-3H3,(H2,16,19)/t10-/m1/s1. The summed E-state index contributed by atoms with van der Waals surface area (Å²) in [5.41, 5.74) is 7.04. The molecule has 0 radical (unpaired) electrons. The van der Waals surface area contributed by atoms with Crippen molar-refractivity contribution in [3.63, 3.8) is 0 Å². The second kappa shape index (κ2) is 6.91. The molecule has 1 aromatic rings. The number of aliphatic hydroxyl groups is 1. The van der Waals surface area contributed by atoms with E-state index in [0.717, 1.165) is 22.3 Å². The zero-order valence-corrected chi connectivity index (χ0v) is 13.1. The highest BCUT2D eigenvalue weighted by Gasteiger charge is 2.14. The van der Waals surface area contributed by atoms with Crippen LogP contribution in [0.1, 0.15) is 32.4 Å². The molecule has 0 fully saturated rings. The van der Waals surface area contributed by atoms with Crippen molar-refractivity contribution < 1.29 is 9.90 Å². The number of hydrogen-bond acceptors (Lipinski definition) is 3. The molecule has 0 bridgehead atoms. The van der Waals surface area contributed by atoms with Crippen molar-refractivity contribution in [2.24, 2.45) is 11.7 Å². The van der Waals surface area contributed by atoms with Gasteiger partial charge in [0.2, 0.25) is 5.91 Å². The molecule has 0 aliphatic heterocycles. The first-order valence-corrected chi connectivity index (χ1v) is 7.11. The van der Waals surface area contributed by atoms with E-state index < -0.39 is 6.10 Å². The summed E-state index contributed by atoms with van der Waals surface area (Å²) in [4.78, 5) is 13.1. The van der Waals surface area contributed by atoms with Crippen molar-refractivity contribution >= 4 is 27.5 Å². The highest BCUT2D eigenvalue weighted by molar-refractivity contribution is 9.10. The van der Waals surface area contributed by atoms with Crippen LogP contribution in [0.2, 0.25) is 0 Å². The second-order valence-corrected chi connectivity index (χ2v) is 5.98. The average molecular weight is 329 g/mol. The van der Waals surface area contributed by atoms with Gasteiger partial charge in [0.05, 0.1) is 12.6 Å². The maximum absolute atomic E-state index is 11.2. The second-order valence-electron chi connectivity index (χ2n) is 5.12. The maximum atomic E-state index is 11.2. The van der Waals surface area contributed by atoms with E-state index in [1.54, 1.807) is 6.92 Å². The third-order valence-electron chi connectivity index (χ3n) is 2.73. The largest absolute Gasteiger partial charge is 0.389 e. The summed E-state index contributed by atoms with van der Waals surface area (Å²) in [6, 6.07) is 5.67. The Morgan fingerprint density at radius 3 is 2.47 bits per heavy atom. The minimum atomic E-state index is -0.530. The molecule has 0 unspecified atom stereocenters. The molecule has 0 heterocycles. The molecule has 0 spiro atoms. The Morgan fingerprint density at radius 2 is 2.05 bits per heavy atom. The van der Waals surface area contributed by atoms with E-state index >= 15 is 0 Å². The van der Waals surface area contributed by atoms with Crippen molar-refractivity contribution in [1.82, 2.24) is 0 Å². The van der Waals surface area contributed by atoms with Crippen LogP contribution < -0.4 is 10.6 Å². The van der Waals surface area contributed by atoms with Gasteiger partial charge < -0.3 is 15.7 Å². The minimum absolute atomic E-state index is 0.193. The van der Waals surface area contributed by atoms with Gasteiger partial charge >= 0.3 is 0 Å². The number of carbonyl (C=O) groups is 1. The summed E-state index contributed by atoms with van der Waals surface area (Å²) in [7, 11) is 0. The van der Waals surface area contributed by atoms with Gasteiger partial charge in [0.15, 0.2) is 0 Å². The minimum Gasteiger partial charge on any atom is -0.389 e. The average Bonchev–Trinajstić information content (AvgIpc) is 2.26. The van der Waals surface area contributed by atoms with Crippen LogP contribution >= 0.6 is 15.9 Å². The number of anilines is 1. The first-order valence-electron chi connectivity index (χ1n) is 6.32. The lowest BCUT2D eigenvalue weighted by molar-refractivity contribution is -0.116. The molecule has 0 saturated carbocycles. The SMILES string of the molecule is CC(C)CN(CC(N)=O)c1ccc([C@@H](C)O)c(Br)c1. The predicted molar refractivity (Wildman–Crippen MR) is 81.0 cm³/mol. The van der Waals surface area contributed by atoms with E-state index in [1.165, 1.54) is 0 Å². The number of hydrogen-bond donors (Lipinski definition) is 2. The number of nitrogens with zero attached hydrogens (tertiary/aromatic N) is 1. The Morgan fingerprint density at radius 1 is 1.42 bits per heavy atom. The fraction of sp³-hybridized carbons (Fsp3) is 0.500. The number of halogens is 1. The Bertz CT molecular complexity index is 447. The number of aliphatic hydroxyl groups excluding tert-OH is 1. The molecule has 4 nitrogen and oxygen atoms in total. The summed E-state index contributed by atoms with van der Waals surface area (Å²) < 4.78 is 0.832. The van der Waals surface area contributed by atoms with Gasteiger partial charge in [-0.3, -0.25) is 4.79 Å². The molecule has 0 aromatic heterocycles. The van der Waals surface area contributed by atoms with Crippen LogP contribution in [0.15, 0.2) is 22.7 Å². The van der Waals surface area contributed by atoms with Crippen molar-refractivity contribution in [2.45, 2.75) is 26.9 Å². The number of benzene rings is 1. The van der Waals surface area contributed by atoms with Crippen LogP contribution in [0, 0.1) is 5.92 Å². The van der Waals surface area contributed by atoms with Crippen LogP contribution in [0.3, 0.4) is 0 Å². The van der Waals surface area contributed by atoms with Gasteiger partial charge in [-0.2, -0.15) is 0 Å². The van der Waals surface area contributed by atoms with E-state index in [-0.39, 0.29) is 12.5 Å². The molecule has 5 heteroatoms. The zero-order valence-electron chi connectivity index (χ0n) is 11.6. The lowest BCUT2D eigenvalue weighted by atomic mass is 10.1. The molecule has 1 aromatic carbocycles. The highest BCUT2D eigenvalue weighted by Crippen LogP contribution is 2.28. The fourth-order valence-corrected chi connectivity index (χ4v) is 2.64. The number of primary amides is 1. The number of nitrogens with two attached hydrogens (primary N) is 1. The van der Waals surface area contributed by atoms with E-state index in [2.05, 4.69) is 29.8 Å². The predicted octanol–water partition coefficient (Wildman–Crippen LogP) is 2.45. The molecule has 0 aliphatic carbocycles. The van der Waals surface area contributed by atoms with Crippen LogP contribution in [-0.2, 0) is 4.79 Å². The summed E-state index contributed by atoms with van der Waals surface area (Å²) >= 11 is 3.45. The van der Waals surface area contributed by atoms with Gasteiger partial charge in [-0.25, -0.2) is 0 Å². The van der Waals surface area contributed by atoms with E-state index in [0.29, 0.717) is 5.92 Å². The van der Waals surface area contributed by atoms with E-state index in [9.17, 15) is 9.90 Å². The number of rotatable bonds is 6. The molecule has 0 aliphatic rings. The smallest absolute Gasteiger partial charge is 0.236 e. The summed E-state index contributed by atoms with van der Waals surface area (Å²) in [6.07, 6.45) is -0.530. The van der Waals surface area contributed by atoms with Crippen molar-refractivity contribution in [3.05, 3.63) is 28.2 Å². The normalized spacial score (nSPS) is 12.5. The molecular weight excluding hydrogens is 308 g/mol. The lowest BCUT2D eigenvalue weighted by Gasteiger charge is -2.26. The Balaban J connectivity index is 3.02. The molecule has 1 atom stereocenters. The lowest BCUT2D eigenvalue weighted by Crippen LogP contribution is -2.36. The first-order chi connectivity index (χ1) is 8.81. The van der Waals surface area contributed by atoms with Gasteiger partial charge in [0, 0.05) is 16.7 Å². The Labute approximate surface area is 122 Å². The molecule has 1 rings (SSSR count). The van der Waals surface area contributed by atoms with Gasteiger partial charge in [-0.15, -0.1) is 0 Å². The van der Waals surface area contributed by atoms with Crippen molar-refractivity contribution in [3.8, 4) is 0 Å². The topological polar surface area (TPSA) is 66.6 Å². The Hall–Kier alpha value is -1.07. The van der Waals surface area contributed by atoms with Crippen LogP contribution in [0.4, 0.5) is 5.69 Å². The summed E-state index contributed by atoms with van der Waals surface area (Å²) in [6.45, 7) is 6.84. The first kappa shape index (κ1) is 16.0. The quantitative estimate of drug-likeness (QED) is 0.842. The zero-order chi connectivity index (χ0) is 14.6. The van der Waals surface area contributed by atoms with Gasteiger partial charge in [-0.05, 0) is 30.5 Å². The van der Waals surface area contributed by atoms with Crippen molar-refractivity contribution in [1.29, 1.82) is 0 Å². The highest BCUT2D eigenvalue weighted by atomic mass is 79.9. The van der Waals surface area contributed by atoms with Gasteiger partial charge in [0.25, 0.3) is 0 Å². The molecule has 3 N–H and O–H groups in total. The van der Waals surface area contributed by atoms with Gasteiger partial charge in [-0.1, -0.05) is 35.8 Å². The summed E-state index contributed by atoms with van der Waals surface area (Å²) in [5, 5.41) is 9.61. The van der Waals surface area contributed by atoms with Crippen LogP contribution in [0.5, 0.6) is 0 Å². The van der Waals surface area contributed by atoms with E-state index in [4.69, 9.17) is 5.73 Å². The molecular formula is C14H21BrN2O2. The third kappa shape index (κ3) is 4.84. The monoisotopic (exact) mass is 328 g/mol. The molecule has 0 saturated heterocycles. The fourth-order valence-electron chi connectivity index (χ4n) is 1.94. The maximum Gasteiger partial charge on any atom is 0.236 e. The van der Waals surface area contributed by atoms with E-state index in [1.807, 2.05) is 23.1 Å². The Kier molecular flexibility index (Phi) is 5.82. The number of amides is 1. The van der Waals surface area contributed by atoms with Crippen molar-refractivity contribution in [2.75, 3.05) is 18.0 Å². The number of carbonyl (C=O) groups excluding carboxylic acids is 1. The molecule has 106 valence electrons. The third-order valence-corrected chi connectivity index (χ3v) is 3.42. The van der Waals surface area contributed by atoms with Crippen LogP contribution in [-0.4, -0.2) is 24.1 Å². The molecule has 19 heavy (non-hydrogen) atoms. The molecule has 1 amide bonds. The summed E-state index contributed by atoms with van der Waals surface area (Å²) in [5.74, 6) is 0.0749. The van der Waals surface area contributed by atoms with Crippen LogP contribution in [0.25, 0.3) is 0 Å².